The second kappa shape index (κ2) is 10.6. The summed E-state index contributed by atoms with van der Waals surface area (Å²) in [6, 6.07) is 23.2. The molecule has 0 aliphatic rings. The van der Waals surface area contributed by atoms with Gasteiger partial charge >= 0.3 is 0 Å². The van der Waals surface area contributed by atoms with Gasteiger partial charge in [0.05, 0.1) is 0 Å². The van der Waals surface area contributed by atoms with Crippen molar-refractivity contribution < 1.29 is 14.8 Å². The average Bonchev–Trinajstić information content (AvgIpc) is 2.74. The fourth-order valence-corrected chi connectivity index (χ4v) is 2.45. The van der Waals surface area contributed by atoms with Crippen LogP contribution in [0, 0.1) is 0 Å². The Morgan fingerprint density at radius 1 is 0.714 bits per heavy atom. The minimum atomic E-state index is -0.560. The first kappa shape index (κ1) is 20.8. The van der Waals surface area contributed by atoms with Gasteiger partial charge in [-0.05, 0) is 61.6 Å². The van der Waals surface area contributed by atoms with Gasteiger partial charge in [-0.15, -0.1) is 0 Å². The number of carbonyl (C=O) groups is 2. The molecule has 0 spiro atoms. The third-order valence-corrected chi connectivity index (χ3v) is 3.74. The second-order valence-electron chi connectivity index (χ2n) is 5.92. The van der Waals surface area contributed by atoms with Crippen molar-refractivity contribution >= 4 is 17.5 Å². The van der Waals surface area contributed by atoms with E-state index >= 15 is 0 Å². The Kier molecular flexibility index (Phi) is 7.90. The summed E-state index contributed by atoms with van der Waals surface area (Å²) in [6.45, 7) is 0. The first-order valence-electron chi connectivity index (χ1n) is 8.69. The van der Waals surface area contributed by atoms with Crippen molar-refractivity contribution in [2.24, 2.45) is 0 Å². The summed E-state index contributed by atoms with van der Waals surface area (Å²) in [6.07, 6.45) is 0. The van der Waals surface area contributed by atoms with E-state index in [2.05, 4.69) is 10.6 Å². The molecule has 0 fully saturated rings. The number of anilines is 1. The molecule has 0 bridgehead atoms. The van der Waals surface area contributed by atoms with E-state index in [-0.39, 0.29) is 5.91 Å². The zero-order valence-corrected chi connectivity index (χ0v) is 15.8. The minimum absolute atomic E-state index is 0.173. The number of rotatable bonds is 4. The first-order chi connectivity index (χ1) is 13.6. The monoisotopic (exact) mass is 377 g/mol. The molecule has 0 atom stereocenters. The largest absolute Gasteiger partial charge is 0.323 e. The lowest BCUT2D eigenvalue weighted by atomic mass is 10.0. The maximum Gasteiger partial charge on any atom is 0.274 e. The molecule has 0 aliphatic carbocycles. The summed E-state index contributed by atoms with van der Waals surface area (Å²) in [5, 5.41) is 14.3. The summed E-state index contributed by atoms with van der Waals surface area (Å²) in [4.78, 5) is 23.6. The lowest BCUT2D eigenvalue weighted by Gasteiger charge is -2.08. The summed E-state index contributed by atoms with van der Waals surface area (Å²) in [5.74, 6) is -0.733. The number of amides is 2. The highest BCUT2D eigenvalue weighted by molar-refractivity contribution is 6.04. The minimum Gasteiger partial charge on any atom is -0.323 e. The first-order valence-corrected chi connectivity index (χ1v) is 8.69. The molecule has 3 rings (SSSR count). The fourth-order valence-electron chi connectivity index (χ4n) is 2.45. The lowest BCUT2D eigenvalue weighted by Crippen LogP contribution is -2.18. The van der Waals surface area contributed by atoms with Gasteiger partial charge in [0.15, 0.2) is 0 Å². The fraction of sp³-hybridized carbons (Fsp3) is 0.0909. The Hall–Kier alpha value is -3.48. The van der Waals surface area contributed by atoms with Crippen molar-refractivity contribution in [1.82, 2.24) is 10.8 Å². The highest BCUT2D eigenvalue weighted by Crippen LogP contribution is 2.23. The number of hydroxylamine groups is 1. The molecule has 0 saturated heterocycles. The van der Waals surface area contributed by atoms with Gasteiger partial charge in [0.2, 0.25) is 0 Å². The maximum atomic E-state index is 12.2. The van der Waals surface area contributed by atoms with Gasteiger partial charge in [-0.2, -0.15) is 0 Å². The molecule has 0 radical (unpaired) electrons. The third-order valence-electron chi connectivity index (χ3n) is 3.74. The summed E-state index contributed by atoms with van der Waals surface area (Å²) in [5.41, 5.74) is 5.03. The van der Waals surface area contributed by atoms with Crippen LogP contribution in [0.5, 0.6) is 0 Å². The Bertz CT molecular complexity index is 910. The molecule has 0 unspecified atom stereocenters. The molecule has 0 heterocycles. The van der Waals surface area contributed by atoms with Crippen molar-refractivity contribution in [2.45, 2.75) is 0 Å². The van der Waals surface area contributed by atoms with E-state index in [0.717, 1.165) is 11.1 Å². The molecule has 0 saturated carbocycles. The van der Waals surface area contributed by atoms with Crippen LogP contribution in [0.2, 0.25) is 0 Å². The molecule has 28 heavy (non-hydrogen) atoms. The standard InChI is InChI=1S/C20H16N2O3.C2H7N/c23-19(15-5-2-1-3-6-15)21-18-8-4-7-17(13-18)14-9-11-16(12-10-14)20(24)22-25;1-3-2/h1-13,25H,(H,21,23)(H,22,24);3H,1-2H3. The summed E-state index contributed by atoms with van der Waals surface area (Å²) >= 11 is 0. The van der Waals surface area contributed by atoms with Gasteiger partial charge < -0.3 is 10.6 Å². The predicted octanol–water partition coefficient (Wildman–Crippen LogP) is 3.56. The molecular formula is C22H23N3O3. The van der Waals surface area contributed by atoms with Crippen molar-refractivity contribution in [3.05, 3.63) is 90.0 Å². The highest BCUT2D eigenvalue weighted by Gasteiger charge is 2.07. The summed E-state index contributed by atoms with van der Waals surface area (Å²) in [7, 11) is 3.75. The number of nitrogens with one attached hydrogen (secondary N) is 3. The van der Waals surface area contributed by atoms with E-state index in [1.165, 1.54) is 0 Å². The molecule has 144 valence electrons. The second-order valence-corrected chi connectivity index (χ2v) is 5.92. The molecule has 0 aromatic heterocycles. The van der Waals surface area contributed by atoms with Crippen molar-refractivity contribution in [1.29, 1.82) is 0 Å². The molecule has 0 aliphatic heterocycles. The zero-order valence-electron chi connectivity index (χ0n) is 15.8. The molecule has 6 nitrogen and oxygen atoms in total. The van der Waals surface area contributed by atoms with E-state index < -0.39 is 5.91 Å². The van der Waals surface area contributed by atoms with Crippen LogP contribution in [0.25, 0.3) is 11.1 Å². The predicted molar refractivity (Wildman–Crippen MR) is 111 cm³/mol. The van der Waals surface area contributed by atoms with Crippen LogP contribution in [0.3, 0.4) is 0 Å². The highest BCUT2D eigenvalue weighted by atomic mass is 16.5. The van der Waals surface area contributed by atoms with E-state index in [0.29, 0.717) is 16.8 Å². The van der Waals surface area contributed by atoms with Gasteiger partial charge in [0, 0.05) is 16.8 Å². The van der Waals surface area contributed by atoms with Gasteiger partial charge in [-0.25, -0.2) is 5.48 Å². The van der Waals surface area contributed by atoms with Gasteiger partial charge in [-0.3, -0.25) is 14.8 Å². The van der Waals surface area contributed by atoms with E-state index in [1.54, 1.807) is 41.9 Å². The van der Waals surface area contributed by atoms with Gasteiger partial charge in [0.25, 0.3) is 11.8 Å². The Balaban J connectivity index is 0.000000878. The number of benzene rings is 3. The average molecular weight is 377 g/mol. The Labute approximate surface area is 164 Å². The van der Waals surface area contributed by atoms with Crippen molar-refractivity contribution in [3.63, 3.8) is 0 Å². The normalized spacial score (nSPS) is 9.68. The number of hydrogen-bond donors (Lipinski definition) is 4. The summed E-state index contributed by atoms with van der Waals surface area (Å²) < 4.78 is 0. The lowest BCUT2D eigenvalue weighted by molar-refractivity contribution is 0.0706. The zero-order chi connectivity index (χ0) is 20.4. The smallest absolute Gasteiger partial charge is 0.274 e. The quantitative estimate of drug-likeness (QED) is 0.413. The van der Waals surface area contributed by atoms with E-state index in [9.17, 15) is 9.59 Å². The molecular weight excluding hydrogens is 354 g/mol. The van der Waals surface area contributed by atoms with Crippen LogP contribution >= 0.6 is 0 Å². The van der Waals surface area contributed by atoms with Crippen LogP contribution in [-0.4, -0.2) is 31.1 Å². The van der Waals surface area contributed by atoms with Crippen LogP contribution in [0.4, 0.5) is 5.69 Å². The maximum absolute atomic E-state index is 12.2. The molecule has 3 aromatic rings. The third kappa shape index (κ3) is 5.77. The topological polar surface area (TPSA) is 90.5 Å². The molecule has 2 amide bonds. The Morgan fingerprint density at radius 3 is 1.93 bits per heavy atom. The van der Waals surface area contributed by atoms with E-state index in [1.807, 2.05) is 56.6 Å². The Morgan fingerprint density at radius 2 is 1.32 bits per heavy atom. The molecule has 3 aromatic carbocycles. The van der Waals surface area contributed by atoms with Crippen LogP contribution in [0.1, 0.15) is 20.7 Å². The number of carbonyl (C=O) groups excluding carboxylic acids is 2. The van der Waals surface area contributed by atoms with Crippen LogP contribution in [0.15, 0.2) is 78.9 Å². The van der Waals surface area contributed by atoms with Crippen LogP contribution < -0.4 is 16.1 Å². The van der Waals surface area contributed by atoms with Crippen molar-refractivity contribution in [2.75, 3.05) is 19.4 Å². The number of hydrogen-bond acceptors (Lipinski definition) is 4. The molecule has 6 heteroatoms. The van der Waals surface area contributed by atoms with Crippen molar-refractivity contribution in [3.8, 4) is 11.1 Å². The SMILES string of the molecule is CNC.O=C(NO)c1ccc(-c2cccc(NC(=O)c3ccccc3)c2)cc1. The van der Waals surface area contributed by atoms with E-state index in [4.69, 9.17) is 5.21 Å². The van der Waals surface area contributed by atoms with Crippen LogP contribution in [-0.2, 0) is 0 Å². The van der Waals surface area contributed by atoms with Gasteiger partial charge in [0.1, 0.15) is 0 Å². The van der Waals surface area contributed by atoms with Gasteiger partial charge in [-0.1, -0.05) is 42.5 Å². The molecule has 4 N–H and O–H groups in total.